The van der Waals surface area contributed by atoms with E-state index in [0.29, 0.717) is 5.75 Å². The first-order valence-corrected chi connectivity index (χ1v) is 9.92. The van der Waals surface area contributed by atoms with Gasteiger partial charge < -0.3 is 4.42 Å². The molecule has 0 unspecified atom stereocenters. The van der Waals surface area contributed by atoms with Crippen molar-refractivity contribution in [1.29, 1.82) is 0 Å². The maximum absolute atomic E-state index is 12.1. The first-order valence-electron chi connectivity index (χ1n) is 8.21. The molecule has 23 heavy (non-hydrogen) atoms. The minimum Gasteiger partial charge on any atom is -0.466 e. The van der Waals surface area contributed by atoms with Crippen molar-refractivity contribution in [3.8, 4) is 0 Å². The first kappa shape index (κ1) is 16.3. The van der Waals surface area contributed by atoms with Crippen LogP contribution in [0.25, 0.3) is 0 Å². The quantitative estimate of drug-likeness (QED) is 0.838. The number of hydrogen-bond donors (Lipinski definition) is 0. The van der Waals surface area contributed by atoms with E-state index < -0.39 is 9.84 Å². The molecule has 1 heterocycles. The zero-order valence-corrected chi connectivity index (χ0v) is 14.8. The van der Waals surface area contributed by atoms with Crippen LogP contribution in [-0.2, 0) is 29.1 Å². The minimum absolute atomic E-state index is 0.221. The topological polar surface area (TPSA) is 47.3 Å². The molecule has 3 nitrogen and oxygen atoms in total. The molecule has 2 aromatic rings. The van der Waals surface area contributed by atoms with E-state index in [2.05, 4.69) is 18.2 Å². The van der Waals surface area contributed by atoms with E-state index in [9.17, 15) is 8.42 Å². The lowest BCUT2D eigenvalue weighted by Crippen LogP contribution is -2.23. The van der Waals surface area contributed by atoms with E-state index in [0.717, 1.165) is 30.8 Å². The van der Waals surface area contributed by atoms with E-state index in [-0.39, 0.29) is 11.2 Å². The summed E-state index contributed by atoms with van der Waals surface area (Å²) in [7, 11) is -2.97. The van der Waals surface area contributed by atoms with Gasteiger partial charge >= 0.3 is 0 Å². The normalized spacial score (nSPS) is 17.7. The van der Waals surface area contributed by atoms with E-state index in [1.54, 1.807) is 13.8 Å². The van der Waals surface area contributed by atoms with Crippen LogP contribution >= 0.6 is 0 Å². The summed E-state index contributed by atoms with van der Waals surface area (Å²) in [6.07, 6.45) is 2.53. The molecular formula is C19H24O3S. The Balaban J connectivity index is 1.71. The molecule has 1 aromatic heterocycles. The fourth-order valence-corrected chi connectivity index (χ4v) is 4.57. The Kier molecular flexibility index (Phi) is 4.37. The number of benzene rings is 1. The summed E-state index contributed by atoms with van der Waals surface area (Å²) in [5.74, 6) is 2.42. The van der Waals surface area contributed by atoms with Gasteiger partial charge in [-0.2, -0.15) is 0 Å². The zero-order valence-electron chi connectivity index (χ0n) is 14.0. The molecule has 1 atom stereocenters. The zero-order chi connectivity index (χ0) is 16.6. The second-order valence-electron chi connectivity index (χ2n) is 6.94. The smallest absolute Gasteiger partial charge is 0.152 e. The molecule has 0 fully saturated rings. The van der Waals surface area contributed by atoms with Crippen molar-refractivity contribution < 1.29 is 12.8 Å². The van der Waals surface area contributed by atoms with Crippen molar-refractivity contribution in [2.75, 3.05) is 5.75 Å². The molecule has 0 saturated heterocycles. The van der Waals surface area contributed by atoms with Crippen LogP contribution < -0.4 is 0 Å². The maximum Gasteiger partial charge on any atom is 0.152 e. The first-order chi connectivity index (χ1) is 10.8. The van der Waals surface area contributed by atoms with Crippen molar-refractivity contribution in [1.82, 2.24) is 0 Å². The molecule has 124 valence electrons. The van der Waals surface area contributed by atoms with Crippen molar-refractivity contribution in [3.63, 3.8) is 0 Å². The predicted molar refractivity (Wildman–Crippen MR) is 92.5 cm³/mol. The van der Waals surface area contributed by atoms with Gasteiger partial charge in [0, 0.05) is 6.42 Å². The maximum atomic E-state index is 12.1. The van der Waals surface area contributed by atoms with Crippen LogP contribution in [-0.4, -0.2) is 19.4 Å². The largest absolute Gasteiger partial charge is 0.466 e. The van der Waals surface area contributed by atoms with Crippen LogP contribution in [0.2, 0.25) is 0 Å². The fraction of sp³-hybridized carbons (Fsp3) is 0.474. The third-order valence-corrected chi connectivity index (χ3v) is 7.02. The number of furan rings is 1. The van der Waals surface area contributed by atoms with Gasteiger partial charge in [-0.25, -0.2) is 8.42 Å². The third-order valence-electron chi connectivity index (χ3n) is 4.65. The average molecular weight is 332 g/mol. The lowest BCUT2D eigenvalue weighted by atomic mass is 10.0. The van der Waals surface area contributed by atoms with E-state index >= 15 is 0 Å². The monoisotopic (exact) mass is 332 g/mol. The summed E-state index contributed by atoms with van der Waals surface area (Å²) < 4.78 is 29.9. The van der Waals surface area contributed by atoms with Crippen molar-refractivity contribution >= 4 is 9.84 Å². The Hall–Kier alpha value is -1.55. The Labute approximate surface area is 138 Å². The van der Waals surface area contributed by atoms with Gasteiger partial charge in [0.2, 0.25) is 0 Å². The average Bonchev–Trinajstić information content (AvgIpc) is 3.03. The van der Waals surface area contributed by atoms with Crippen LogP contribution in [0.1, 0.15) is 42.1 Å². The van der Waals surface area contributed by atoms with Gasteiger partial charge in [0.15, 0.2) is 9.84 Å². The van der Waals surface area contributed by atoms with Crippen molar-refractivity contribution in [2.45, 2.75) is 45.3 Å². The summed E-state index contributed by atoms with van der Waals surface area (Å²) in [4.78, 5) is 0. The second-order valence-corrected chi connectivity index (χ2v) is 9.55. The highest BCUT2D eigenvalue weighted by atomic mass is 32.2. The van der Waals surface area contributed by atoms with Gasteiger partial charge in [0.25, 0.3) is 0 Å². The van der Waals surface area contributed by atoms with Gasteiger partial charge in [-0.3, -0.25) is 0 Å². The molecule has 0 radical (unpaired) electrons. The summed E-state index contributed by atoms with van der Waals surface area (Å²) in [5.41, 5.74) is 3.83. The summed E-state index contributed by atoms with van der Waals surface area (Å²) in [6.45, 7) is 5.48. The molecule has 0 N–H and O–H groups in total. The van der Waals surface area contributed by atoms with Gasteiger partial charge in [-0.05, 0) is 68.4 Å². The highest BCUT2D eigenvalue weighted by Crippen LogP contribution is 2.30. The molecule has 1 aromatic carbocycles. The van der Waals surface area contributed by atoms with Crippen LogP contribution in [0.3, 0.4) is 0 Å². The summed E-state index contributed by atoms with van der Waals surface area (Å²) in [5, 5.41) is -0.288. The Bertz CT molecular complexity index is 800. The van der Waals surface area contributed by atoms with Crippen molar-refractivity contribution in [3.05, 3.63) is 58.5 Å². The fourth-order valence-electron chi connectivity index (χ4n) is 3.29. The SMILES string of the molecule is Cc1ccc(Cc2ccc3c(c2)C[C@@H](CS(=O)(=O)C(C)C)C3)o1. The number of aryl methyl sites for hydroxylation is 1. The van der Waals surface area contributed by atoms with Crippen molar-refractivity contribution in [2.24, 2.45) is 5.92 Å². The lowest BCUT2D eigenvalue weighted by molar-refractivity contribution is 0.493. The molecule has 0 saturated carbocycles. The van der Waals surface area contributed by atoms with Crippen LogP contribution in [0.5, 0.6) is 0 Å². The van der Waals surface area contributed by atoms with Gasteiger partial charge in [0.1, 0.15) is 11.5 Å². The lowest BCUT2D eigenvalue weighted by Gasteiger charge is -2.12. The highest BCUT2D eigenvalue weighted by Gasteiger charge is 2.28. The molecule has 3 rings (SSSR count). The molecule has 0 spiro atoms. The molecule has 0 aliphatic heterocycles. The molecule has 4 heteroatoms. The molecule has 0 bridgehead atoms. The predicted octanol–water partition coefficient (Wildman–Crippen LogP) is 3.72. The molecular weight excluding hydrogens is 308 g/mol. The Morgan fingerprint density at radius 1 is 1.13 bits per heavy atom. The standard InChI is InChI=1S/C19H24O3S/c1-13(2)23(20,21)12-16-9-17-6-5-15(8-18(17)10-16)11-19-7-4-14(3)22-19/h4-8,13,16H,9-12H2,1-3H3/t16-/m0/s1. The second kappa shape index (κ2) is 6.16. The Morgan fingerprint density at radius 2 is 1.87 bits per heavy atom. The molecule has 1 aliphatic carbocycles. The number of sulfone groups is 1. The molecule has 1 aliphatic rings. The van der Waals surface area contributed by atoms with E-state index in [1.165, 1.54) is 16.7 Å². The van der Waals surface area contributed by atoms with Crippen LogP contribution in [0.4, 0.5) is 0 Å². The summed E-state index contributed by atoms with van der Waals surface area (Å²) >= 11 is 0. The van der Waals surface area contributed by atoms with Gasteiger partial charge in [-0.15, -0.1) is 0 Å². The highest BCUT2D eigenvalue weighted by molar-refractivity contribution is 7.91. The van der Waals surface area contributed by atoms with Crippen LogP contribution in [0, 0.1) is 12.8 Å². The minimum atomic E-state index is -2.97. The number of fused-ring (bicyclic) bond motifs is 1. The van der Waals surface area contributed by atoms with Gasteiger partial charge in [0.05, 0.1) is 11.0 Å². The van der Waals surface area contributed by atoms with E-state index in [4.69, 9.17) is 4.42 Å². The summed E-state index contributed by atoms with van der Waals surface area (Å²) in [6, 6.07) is 10.5. The van der Waals surface area contributed by atoms with Gasteiger partial charge in [-0.1, -0.05) is 18.2 Å². The van der Waals surface area contributed by atoms with E-state index in [1.807, 2.05) is 19.1 Å². The molecule has 0 amide bonds. The Morgan fingerprint density at radius 3 is 2.52 bits per heavy atom. The third kappa shape index (κ3) is 3.69. The van der Waals surface area contributed by atoms with Crippen LogP contribution in [0.15, 0.2) is 34.7 Å². The number of rotatable bonds is 5. The number of hydrogen-bond acceptors (Lipinski definition) is 3.